The van der Waals surface area contributed by atoms with Crippen molar-refractivity contribution in [3.05, 3.63) is 48.2 Å². The van der Waals surface area contributed by atoms with E-state index in [4.69, 9.17) is 5.73 Å². The number of hydrogen-bond acceptors (Lipinski definition) is 6. The monoisotopic (exact) mass is 417 g/mol. The van der Waals surface area contributed by atoms with Crippen molar-refractivity contribution >= 4 is 21.7 Å². The number of nitrogens with one attached hydrogen (secondary N) is 1. The lowest BCUT2D eigenvalue weighted by Crippen LogP contribution is -2.58. The highest BCUT2D eigenvalue weighted by molar-refractivity contribution is 7.92. The van der Waals surface area contributed by atoms with Gasteiger partial charge in [-0.15, -0.1) is 0 Å². The normalized spacial score (nSPS) is 22.9. The van der Waals surface area contributed by atoms with Gasteiger partial charge in [-0.1, -0.05) is 19.3 Å². The lowest BCUT2D eigenvalue weighted by Gasteiger charge is -2.31. The zero-order valence-electron chi connectivity index (χ0n) is 16.2. The first-order valence-electron chi connectivity index (χ1n) is 9.64. The van der Waals surface area contributed by atoms with Gasteiger partial charge in [-0.2, -0.15) is 0 Å². The van der Waals surface area contributed by atoms with Crippen LogP contribution in [0.1, 0.15) is 43.8 Å². The van der Waals surface area contributed by atoms with Crippen LogP contribution in [-0.2, 0) is 9.84 Å². The van der Waals surface area contributed by atoms with Crippen LogP contribution in [0.25, 0.3) is 17.0 Å². The Labute approximate surface area is 169 Å². The molecular weight excluding hydrogens is 393 g/mol. The predicted molar refractivity (Wildman–Crippen MR) is 111 cm³/mol. The van der Waals surface area contributed by atoms with Crippen molar-refractivity contribution in [1.29, 1.82) is 0 Å². The minimum absolute atomic E-state index is 0.257. The van der Waals surface area contributed by atoms with Crippen molar-refractivity contribution in [1.82, 2.24) is 14.9 Å². The highest BCUT2D eigenvalue weighted by Crippen LogP contribution is 2.36. The second kappa shape index (κ2) is 7.38. The van der Waals surface area contributed by atoms with Crippen LogP contribution in [0.4, 0.5) is 4.39 Å². The Kier molecular flexibility index (Phi) is 5.04. The number of benzene rings is 1. The van der Waals surface area contributed by atoms with Crippen molar-refractivity contribution in [2.75, 3.05) is 6.26 Å². The second-order valence-electron chi connectivity index (χ2n) is 7.60. The number of sulfone groups is 1. The number of rotatable bonds is 4. The van der Waals surface area contributed by atoms with E-state index in [-0.39, 0.29) is 11.9 Å². The molecule has 1 aromatic heterocycles. The summed E-state index contributed by atoms with van der Waals surface area (Å²) in [4.78, 5) is 8.55. The van der Waals surface area contributed by atoms with Crippen molar-refractivity contribution < 1.29 is 12.8 Å². The molecule has 1 saturated carbocycles. The highest BCUT2D eigenvalue weighted by atomic mass is 32.2. The third-order valence-corrected chi connectivity index (χ3v) is 6.86. The van der Waals surface area contributed by atoms with E-state index >= 15 is 0 Å². The Hall–Kier alpha value is -2.52. The summed E-state index contributed by atoms with van der Waals surface area (Å²) in [6.07, 6.45) is 11.4. The zero-order valence-corrected chi connectivity index (χ0v) is 17.0. The van der Waals surface area contributed by atoms with E-state index in [1.54, 1.807) is 24.5 Å². The van der Waals surface area contributed by atoms with Crippen LogP contribution in [0, 0.1) is 5.82 Å². The minimum Gasteiger partial charge on any atom is -0.334 e. The number of aliphatic imine (C=N–C) groups is 1. The summed E-state index contributed by atoms with van der Waals surface area (Å²) < 4.78 is 39.9. The molecule has 0 bridgehead atoms. The average Bonchev–Trinajstić information content (AvgIpc) is 3.13. The fraction of sp³-hybridized carbons (Fsp3) is 0.400. The van der Waals surface area contributed by atoms with Crippen LogP contribution in [-0.4, -0.2) is 35.6 Å². The molecule has 1 unspecified atom stereocenters. The molecule has 2 aromatic rings. The van der Waals surface area contributed by atoms with Gasteiger partial charge in [0.05, 0.1) is 23.4 Å². The van der Waals surface area contributed by atoms with Gasteiger partial charge in [0.1, 0.15) is 5.82 Å². The number of hydrogen-bond donors (Lipinski definition) is 2. The molecule has 1 aliphatic heterocycles. The first-order chi connectivity index (χ1) is 13.8. The van der Waals surface area contributed by atoms with Gasteiger partial charge in [-0.3, -0.25) is 5.73 Å². The molecule has 1 aromatic carbocycles. The largest absolute Gasteiger partial charge is 0.334 e. The SMILES string of the molecule is CS(=O)(=O)C1(N)N=CC=C(c2c(-c3ccc(F)cc3)ncn2C2CCCCC2)N1. The fourth-order valence-corrected chi connectivity index (χ4v) is 4.45. The molecule has 4 rings (SSSR count). The summed E-state index contributed by atoms with van der Waals surface area (Å²) in [6, 6.07) is 6.35. The number of imidazole rings is 1. The summed E-state index contributed by atoms with van der Waals surface area (Å²) in [5, 5.41) is 0.946. The Morgan fingerprint density at radius 2 is 1.90 bits per heavy atom. The summed E-state index contributed by atoms with van der Waals surface area (Å²) in [5.41, 5.74) is 8.68. The lowest BCUT2D eigenvalue weighted by molar-refractivity contribution is 0.350. The fourth-order valence-electron chi connectivity index (χ4n) is 3.90. The van der Waals surface area contributed by atoms with Crippen LogP contribution in [0.15, 0.2) is 41.7 Å². The molecule has 154 valence electrons. The molecule has 3 N–H and O–H groups in total. The Morgan fingerprint density at radius 1 is 1.21 bits per heavy atom. The Morgan fingerprint density at radius 3 is 2.55 bits per heavy atom. The second-order valence-corrected chi connectivity index (χ2v) is 9.77. The summed E-state index contributed by atoms with van der Waals surface area (Å²) in [5.74, 6) is -0.331. The van der Waals surface area contributed by atoms with Gasteiger partial charge in [-0.05, 0) is 43.2 Å². The van der Waals surface area contributed by atoms with E-state index in [9.17, 15) is 12.8 Å². The van der Waals surface area contributed by atoms with Crippen molar-refractivity contribution in [2.45, 2.75) is 43.3 Å². The smallest absolute Gasteiger partial charge is 0.287 e. The molecule has 29 heavy (non-hydrogen) atoms. The van der Waals surface area contributed by atoms with E-state index in [2.05, 4.69) is 19.9 Å². The summed E-state index contributed by atoms with van der Waals surface area (Å²) in [6.45, 7) is 0. The summed E-state index contributed by atoms with van der Waals surface area (Å²) >= 11 is 0. The predicted octanol–water partition coefficient (Wildman–Crippen LogP) is 2.82. The Balaban J connectivity index is 1.83. The molecule has 7 nitrogen and oxygen atoms in total. The third-order valence-electron chi connectivity index (χ3n) is 5.52. The number of allylic oxidation sites excluding steroid dienone is 1. The van der Waals surface area contributed by atoms with Crippen molar-refractivity contribution in [3.63, 3.8) is 0 Å². The van der Waals surface area contributed by atoms with Crippen LogP contribution in [0.2, 0.25) is 0 Å². The topological polar surface area (TPSA) is 102 Å². The van der Waals surface area contributed by atoms with E-state index in [0.29, 0.717) is 11.4 Å². The van der Waals surface area contributed by atoms with E-state index in [0.717, 1.165) is 43.2 Å². The molecule has 0 saturated heterocycles. The van der Waals surface area contributed by atoms with Gasteiger partial charge in [0.25, 0.3) is 5.12 Å². The molecule has 1 aliphatic carbocycles. The number of halogens is 1. The standard InChI is InChI=1S/C20H24FN5O2S/c1-29(27,28)20(22)24-12-11-17(25-20)19-18(14-7-9-15(21)10-8-14)23-13-26(19)16-5-3-2-4-6-16/h7-13,16,25H,2-6,22H2,1H3. The number of nitrogens with two attached hydrogens (primary N) is 1. The molecular formula is C20H24FN5O2S. The van der Waals surface area contributed by atoms with Crippen molar-refractivity contribution in [2.24, 2.45) is 10.7 Å². The number of nitrogens with zero attached hydrogens (tertiary/aromatic N) is 3. The molecule has 0 amide bonds. The maximum absolute atomic E-state index is 13.4. The molecule has 2 aliphatic rings. The van der Waals surface area contributed by atoms with Gasteiger partial charge in [0.15, 0.2) is 0 Å². The first-order valence-corrected chi connectivity index (χ1v) is 11.5. The van der Waals surface area contributed by atoms with Crippen LogP contribution in [0.3, 0.4) is 0 Å². The molecule has 0 spiro atoms. The minimum atomic E-state index is -3.72. The molecule has 9 heteroatoms. The Bertz CT molecular complexity index is 1070. The zero-order chi connectivity index (χ0) is 20.6. The van der Waals surface area contributed by atoms with Crippen molar-refractivity contribution in [3.8, 4) is 11.3 Å². The number of aromatic nitrogens is 2. The van der Waals surface area contributed by atoms with E-state index < -0.39 is 15.0 Å². The van der Waals surface area contributed by atoms with E-state index in [1.165, 1.54) is 24.8 Å². The average molecular weight is 418 g/mol. The van der Waals surface area contributed by atoms with Crippen LogP contribution >= 0.6 is 0 Å². The van der Waals surface area contributed by atoms with Gasteiger partial charge in [-0.25, -0.2) is 22.8 Å². The maximum atomic E-state index is 13.4. The van der Waals surface area contributed by atoms with Gasteiger partial charge >= 0.3 is 0 Å². The molecule has 0 radical (unpaired) electrons. The highest BCUT2D eigenvalue weighted by Gasteiger charge is 2.39. The van der Waals surface area contributed by atoms with Gasteiger partial charge < -0.3 is 9.88 Å². The van der Waals surface area contributed by atoms with Crippen LogP contribution in [0.5, 0.6) is 0 Å². The molecule has 1 fully saturated rings. The van der Waals surface area contributed by atoms with Crippen LogP contribution < -0.4 is 11.1 Å². The van der Waals surface area contributed by atoms with Gasteiger partial charge in [0, 0.05) is 24.1 Å². The van der Waals surface area contributed by atoms with E-state index in [1.807, 2.05) is 0 Å². The van der Waals surface area contributed by atoms with Gasteiger partial charge in [0.2, 0.25) is 9.84 Å². The lowest BCUT2D eigenvalue weighted by atomic mass is 9.94. The quantitative estimate of drug-likeness (QED) is 0.796. The third kappa shape index (κ3) is 3.72. The molecule has 2 heterocycles. The maximum Gasteiger partial charge on any atom is 0.287 e. The first kappa shape index (κ1) is 19.8. The molecule has 1 atom stereocenters. The summed E-state index contributed by atoms with van der Waals surface area (Å²) in [7, 11) is -3.72.